The van der Waals surface area contributed by atoms with Crippen molar-refractivity contribution in [1.82, 2.24) is 14.9 Å². The Kier molecular flexibility index (Phi) is 19.3. The first-order chi connectivity index (χ1) is 29.8. The quantitative estimate of drug-likeness (QED) is 0.0871. The van der Waals surface area contributed by atoms with E-state index in [9.17, 15) is 4.79 Å². The standard InChI is InChI=1S/C50H89N3O6S2Si3/c1-19-63(20-2,21-3)58-42-32-43(54)57-40(36(8)30-39-34-61-47(52-39)46-51-37(9)33-60-46)31-41-50(16,53(41)28-29-56-62(17,18)48(11,12)13)27-25-26-35(7)44(38(10)45(55)49(42,14)15)59-64(22-4,23-5)24-6/h30,33-35,38,40-42,44H,19-29,31-32H2,1-18H3/b36-30+/t35-,38+,40-,41-,42-,44?,50+,53?/m0/s1. The van der Waals surface area contributed by atoms with Crippen LogP contribution in [0, 0.1) is 24.2 Å². The van der Waals surface area contributed by atoms with Crippen molar-refractivity contribution in [2.24, 2.45) is 17.3 Å². The van der Waals surface area contributed by atoms with Gasteiger partial charge in [0.25, 0.3) is 0 Å². The Hall–Kier alpha value is -1.37. The summed E-state index contributed by atoms with van der Waals surface area (Å²) in [4.78, 5) is 42.3. The van der Waals surface area contributed by atoms with Crippen LogP contribution >= 0.6 is 22.7 Å². The number of aromatic nitrogens is 2. The molecule has 0 N–H and O–H groups in total. The Balaban J connectivity index is 1.81. The maximum absolute atomic E-state index is 15.3. The molecular formula is C50H89N3O6S2Si3. The molecule has 4 heterocycles. The lowest BCUT2D eigenvalue weighted by Gasteiger charge is -2.44. The van der Waals surface area contributed by atoms with Crippen LogP contribution in [0.2, 0.25) is 54.4 Å². The lowest BCUT2D eigenvalue weighted by atomic mass is 9.73. The summed E-state index contributed by atoms with van der Waals surface area (Å²) in [5.74, 6) is -0.377. The number of hydrogen-bond donors (Lipinski definition) is 0. The van der Waals surface area contributed by atoms with Crippen molar-refractivity contribution in [2.75, 3.05) is 13.2 Å². The predicted molar refractivity (Wildman–Crippen MR) is 278 cm³/mol. The molecule has 2 aromatic heterocycles. The molecule has 2 aliphatic rings. The fourth-order valence-electron chi connectivity index (χ4n) is 10.0. The molecule has 0 aromatic carbocycles. The maximum atomic E-state index is 15.3. The molecule has 8 atom stereocenters. The third-order valence-corrected chi connectivity index (χ3v) is 32.2. The Labute approximate surface area is 401 Å². The summed E-state index contributed by atoms with van der Waals surface area (Å²) in [6.07, 6.45) is 4.43. The van der Waals surface area contributed by atoms with E-state index in [1.54, 1.807) is 22.7 Å². The molecule has 9 nitrogen and oxygen atoms in total. The van der Waals surface area contributed by atoms with E-state index >= 15 is 4.79 Å². The summed E-state index contributed by atoms with van der Waals surface area (Å²) in [6.45, 7) is 41.4. The van der Waals surface area contributed by atoms with E-state index in [0.717, 1.165) is 89.0 Å². The molecule has 364 valence electrons. The third-order valence-electron chi connectivity index (χ3n) is 16.4. The van der Waals surface area contributed by atoms with Crippen molar-refractivity contribution in [1.29, 1.82) is 0 Å². The van der Waals surface area contributed by atoms with E-state index in [-0.39, 0.29) is 52.7 Å². The Morgan fingerprint density at radius 3 is 2.02 bits per heavy atom. The first-order valence-electron chi connectivity index (χ1n) is 24.9. The van der Waals surface area contributed by atoms with Crippen LogP contribution in [0.1, 0.15) is 147 Å². The number of fused-ring (bicyclic) bond motifs is 1. The zero-order chi connectivity index (χ0) is 48.1. The average molecular weight is 977 g/mol. The van der Waals surface area contributed by atoms with Crippen LogP contribution in [-0.2, 0) is 27.6 Å². The highest BCUT2D eigenvalue weighted by molar-refractivity contribution is 7.19. The number of ketones is 1. The summed E-state index contributed by atoms with van der Waals surface area (Å²) >= 11 is 3.19. The van der Waals surface area contributed by atoms with E-state index in [4.69, 9.17) is 23.0 Å². The zero-order valence-electron chi connectivity index (χ0n) is 43.5. The van der Waals surface area contributed by atoms with Crippen molar-refractivity contribution < 1.29 is 27.6 Å². The van der Waals surface area contributed by atoms with Gasteiger partial charge in [-0.15, -0.1) is 22.7 Å². The molecule has 2 fully saturated rings. The Morgan fingerprint density at radius 1 is 0.906 bits per heavy atom. The summed E-state index contributed by atoms with van der Waals surface area (Å²) in [6, 6.07) is 6.03. The van der Waals surface area contributed by atoms with E-state index in [1.165, 1.54) is 0 Å². The van der Waals surface area contributed by atoms with Gasteiger partial charge in [0.05, 0.1) is 24.3 Å². The second-order valence-corrected chi connectivity index (χ2v) is 37.7. The molecule has 2 aromatic rings. The summed E-state index contributed by atoms with van der Waals surface area (Å²) in [5.41, 5.74) is 1.74. The zero-order valence-corrected chi connectivity index (χ0v) is 48.1. The molecular weight excluding hydrogens is 887 g/mol. The minimum atomic E-state index is -2.28. The normalized spacial score (nSPS) is 28.2. The largest absolute Gasteiger partial charge is 0.458 e. The number of rotatable bonds is 17. The van der Waals surface area contributed by atoms with Crippen molar-refractivity contribution >= 4 is 65.5 Å². The highest BCUT2D eigenvalue weighted by Gasteiger charge is 2.59. The number of aryl methyl sites for hydroxylation is 1. The Morgan fingerprint density at radius 2 is 1.47 bits per heavy atom. The van der Waals surface area contributed by atoms with Gasteiger partial charge < -0.3 is 18.0 Å². The van der Waals surface area contributed by atoms with Gasteiger partial charge in [0.2, 0.25) is 0 Å². The lowest BCUT2D eigenvalue weighted by Crippen LogP contribution is -2.53. The van der Waals surface area contributed by atoms with E-state index in [2.05, 4.69) is 130 Å². The number of carbonyl (C=O) groups excluding carboxylic acids is 2. The lowest BCUT2D eigenvalue weighted by molar-refractivity contribution is -0.153. The number of thiazole rings is 2. The second-order valence-electron chi connectivity index (χ2n) is 21.8. The van der Waals surface area contributed by atoms with Crippen LogP contribution in [0.3, 0.4) is 0 Å². The SMILES string of the molecule is CC[Si](CC)(CC)OC1[C@@H](C)CCC[C@]2(C)[C@H](C[C@@H](/C(C)=C/c3csc(-c4nc(C)cs4)n3)OC(=O)C[C@H](O[Si](CC)(CC)CC)C(C)(C)C(=O)[C@@H]1C)N2CCO[Si](C)(C)C(C)(C)C. The predicted octanol–water partition coefficient (Wildman–Crippen LogP) is 14.0. The van der Waals surface area contributed by atoms with Crippen LogP contribution in [0.25, 0.3) is 16.1 Å². The van der Waals surface area contributed by atoms with Crippen LogP contribution in [0.5, 0.6) is 0 Å². The minimum Gasteiger partial charge on any atom is -0.458 e. The molecule has 0 spiro atoms. The van der Waals surface area contributed by atoms with Crippen molar-refractivity contribution in [3.63, 3.8) is 0 Å². The maximum Gasteiger partial charge on any atom is 0.309 e. The third kappa shape index (κ3) is 12.8. The first kappa shape index (κ1) is 55.2. The fraction of sp³-hybridized carbons (Fsp3) is 0.800. The monoisotopic (exact) mass is 976 g/mol. The van der Waals surface area contributed by atoms with Gasteiger partial charge in [0.15, 0.2) is 35.0 Å². The molecule has 4 rings (SSSR count). The number of cyclic esters (lactones) is 1. The van der Waals surface area contributed by atoms with Gasteiger partial charge in [-0.25, -0.2) is 9.97 Å². The highest BCUT2D eigenvalue weighted by atomic mass is 32.1. The molecule has 0 aliphatic carbocycles. The highest BCUT2D eigenvalue weighted by Crippen LogP contribution is 2.49. The number of esters is 1. The van der Waals surface area contributed by atoms with Crippen molar-refractivity contribution in [3.05, 3.63) is 27.7 Å². The molecule has 2 unspecified atom stereocenters. The van der Waals surface area contributed by atoms with Crippen molar-refractivity contribution in [3.8, 4) is 10.0 Å². The van der Waals surface area contributed by atoms with E-state index < -0.39 is 42.6 Å². The summed E-state index contributed by atoms with van der Waals surface area (Å²) < 4.78 is 28.2. The molecule has 0 bridgehead atoms. The summed E-state index contributed by atoms with van der Waals surface area (Å²) in [7, 11) is -6.33. The smallest absolute Gasteiger partial charge is 0.309 e. The van der Waals surface area contributed by atoms with Gasteiger partial charge >= 0.3 is 5.97 Å². The van der Waals surface area contributed by atoms with Crippen LogP contribution in [0.15, 0.2) is 16.3 Å². The molecule has 0 saturated carbocycles. The number of Topliss-reactive ketones (excluding diaryl/α,β-unsaturated/α-hetero) is 1. The van der Waals surface area contributed by atoms with Crippen LogP contribution < -0.4 is 0 Å². The number of hydrogen-bond acceptors (Lipinski definition) is 11. The number of ether oxygens (including phenoxy) is 1. The number of carbonyl (C=O) groups is 2. The van der Waals surface area contributed by atoms with Gasteiger partial charge in [-0.2, -0.15) is 0 Å². The molecule has 0 amide bonds. The minimum absolute atomic E-state index is 0.0128. The van der Waals surface area contributed by atoms with E-state index in [1.807, 2.05) is 20.8 Å². The van der Waals surface area contributed by atoms with Crippen molar-refractivity contribution in [2.45, 2.75) is 227 Å². The van der Waals surface area contributed by atoms with Crippen LogP contribution in [-0.4, -0.2) is 94.6 Å². The van der Waals surface area contributed by atoms with Gasteiger partial charge in [0, 0.05) is 58.9 Å². The number of nitrogens with zero attached hydrogens (tertiary/aromatic N) is 3. The molecule has 64 heavy (non-hydrogen) atoms. The average Bonchev–Trinajstić information content (AvgIpc) is 3.59. The van der Waals surface area contributed by atoms with Gasteiger partial charge in [-0.1, -0.05) is 96.4 Å². The molecule has 2 aliphatic heterocycles. The van der Waals surface area contributed by atoms with E-state index in [0.29, 0.717) is 13.0 Å². The summed E-state index contributed by atoms with van der Waals surface area (Å²) in [5, 5.41) is 6.04. The first-order valence-corrected chi connectivity index (χ1v) is 34.6. The molecule has 14 heteroatoms. The van der Waals surface area contributed by atoms with Crippen LogP contribution in [0.4, 0.5) is 0 Å². The second kappa shape index (κ2) is 22.4. The molecule has 0 radical (unpaired) electrons. The molecule has 2 saturated heterocycles. The Bertz CT molecular complexity index is 1850. The van der Waals surface area contributed by atoms with Gasteiger partial charge in [-0.05, 0) is 106 Å². The fourth-order valence-corrected chi connectivity index (χ4v) is 18.7. The van der Waals surface area contributed by atoms with Gasteiger partial charge in [0.1, 0.15) is 11.9 Å². The van der Waals surface area contributed by atoms with Gasteiger partial charge in [-0.3, -0.25) is 14.5 Å². The topological polar surface area (TPSA) is 99.9 Å².